The van der Waals surface area contributed by atoms with Crippen LogP contribution in [0.2, 0.25) is 0 Å². The quantitative estimate of drug-likeness (QED) is 0.398. The highest BCUT2D eigenvalue weighted by atomic mass is 32.1. The molecule has 0 radical (unpaired) electrons. The molecule has 3 aromatic rings. The molecule has 4 heterocycles. The van der Waals surface area contributed by atoms with Crippen LogP contribution in [-0.4, -0.2) is 53.8 Å². The van der Waals surface area contributed by atoms with E-state index in [-0.39, 0.29) is 18.8 Å². The first-order chi connectivity index (χ1) is 19.7. The molecule has 2 fully saturated rings. The lowest BCUT2D eigenvalue weighted by Gasteiger charge is -2.37. The van der Waals surface area contributed by atoms with Crippen LogP contribution < -0.4 is 14.8 Å². The number of hydrogen-bond donors (Lipinski definition) is 1. The second-order valence-corrected chi connectivity index (χ2v) is 11.7. The Hall–Kier alpha value is -3.77. The van der Waals surface area contributed by atoms with Crippen molar-refractivity contribution in [2.24, 2.45) is 0 Å². The standard InChI is InChI=1S/C29H28F3N3O5S/c30-29(31,32)21-4-1-19(2-5-21)15-34-11-9-28(10-12-34)17-35(27(37)40-28)16-22-6-8-25(41-22)26(36)33-14-20-3-7-23-24(13-20)39-18-38-23/h1-8,13H,9-12,14-18H2,(H,33,36). The summed E-state index contributed by atoms with van der Waals surface area (Å²) in [7, 11) is 0. The predicted octanol–water partition coefficient (Wildman–Crippen LogP) is 5.41. The second kappa shape index (κ2) is 10.9. The molecule has 0 bridgehead atoms. The fourth-order valence-electron chi connectivity index (χ4n) is 5.34. The lowest BCUT2D eigenvalue weighted by Crippen LogP contribution is -2.46. The minimum atomic E-state index is -4.35. The number of amides is 2. The number of thiophene rings is 1. The largest absolute Gasteiger partial charge is 0.454 e. The van der Waals surface area contributed by atoms with Crippen molar-refractivity contribution in [3.8, 4) is 11.5 Å². The van der Waals surface area contributed by atoms with E-state index >= 15 is 0 Å². The van der Waals surface area contributed by atoms with Crippen molar-refractivity contribution in [1.82, 2.24) is 15.1 Å². The zero-order chi connectivity index (χ0) is 28.6. The lowest BCUT2D eigenvalue weighted by molar-refractivity contribution is -0.137. The van der Waals surface area contributed by atoms with Gasteiger partial charge in [-0.2, -0.15) is 13.2 Å². The summed E-state index contributed by atoms with van der Waals surface area (Å²) >= 11 is 1.34. The molecule has 3 aliphatic rings. The molecular weight excluding hydrogens is 559 g/mol. The minimum Gasteiger partial charge on any atom is -0.454 e. The first-order valence-corrected chi connectivity index (χ1v) is 14.1. The zero-order valence-corrected chi connectivity index (χ0v) is 22.9. The molecule has 0 atom stereocenters. The molecular formula is C29H28F3N3O5S. The van der Waals surface area contributed by atoms with Gasteiger partial charge in [0.2, 0.25) is 6.79 Å². The number of likely N-dealkylation sites (tertiary alicyclic amines) is 1. The maximum Gasteiger partial charge on any atom is 0.416 e. The first-order valence-electron chi connectivity index (χ1n) is 13.3. The molecule has 41 heavy (non-hydrogen) atoms. The van der Waals surface area contributed by atoms with Crippen molar-refractivity contribution in [2.45, 2.75) is 44.3 Å². The molecule has 0 saturated carbocycles. The maximum absolute atomic E-state index is 12.8. The van der Waals surface area contributed by atoms with E-state index in [1.54, 1.807) is 11.0 Å². The van der Waals surface area contributed by atoms with Crippen molar-refractivity contribution in [3.05, 3.63) is 81.0 Å². The molecule has 2 amide bonds. The highest BCUT2D eigenvalue weighted by molar-refractivity contribution is 7.14. The van der Waals surface area contributed by atoms with Gasteiger partial charge in [-0.3, -0.25) is 14.6 Å². The molecule has 216 valence electrons. The number of nitrogens with one attached hydrogen (secondary N) is 1. The Morgan fingerprint density at radius 1 is 0.951 bits per heavy atom. The number of benzene rings is 2. The number of piperidine rings is 1. The van der Waals surface area contributed by atoms with Crippen LogP contribution in [0.15, 0.2) is 54.6 Å². The molecule has 3 aliphatic heterocycles. The fraction of sp³-hybridized carbons (Fsp3) is 0.379. The highest BCUT2D eigenvalue weighted by Crippen LogP contribution is 2.36. The number of hydrogen-bond acceptors (Lipinski definition) is 7. The summed E-state index contributed by atoms with van der Waals surface area (Å²) in [6.45, 7) is 3.25. The molecule has 0 unspecified atom stereocenters. The lowest BCUT2D eigenvalue weighted by atomic mass is 9.91. The molecule has 2 saturated heterocycles. The van der Waals surface area contributed by atoms with Gasteiger partial charge in [-0.15, -0.1) is 11.3 Å². The summed E-state index contributed by atoms with van der Waals surface area (Å²) in [5, 5.41) is 2.91. The smallest absolute Gasteiger partial charge is 0.416 e. The van der Waals surface area contributed by atoms with Crippen LogP contribution in [0.1, 0.15) is 44.1 Å². The third-order valence-electron chi connectivity index (χ3n) is 7.62. The second-order valence-electron chi connectivity index (χ2n) is 10.5. The average molecular weight is 588 g/mol. The van der Waals surface area contributed by atoms with Crippen molar-refractivity contribution in [3.63, 3.8) is 0 Å². The monoisotopic (exact) mass is 587 g/mol. The van der Waals surface area contributed by atoms with Crippen LogP contribution in [0, 0.1) is 0 Å². The summed E-state index contributed by atoms with van der Waals surface area (Å²) in [5.41, 5.74) is 0.481. The third-order valence-corrected chi connectivity index (χ3v) is 8.69. The number of halogens is 3. The average Bonchev–Trinajstić information content (AvgIpc) is 3.68. The predicted molar refractivity (Wildman–Crippen MR) is 144 cm³/mol. The van der Waals surface area contributed by atoms with Gasteiger partial charge in [0.05, 0.1) is 23.5 Å². The van der Waals surface area contributed by atoms with Gasteiger partial charge in [0, 0.05) is 43.9 Å². The van der Waals surface area contributed by atoms with Crippen LogP contribution in [0.5, 0.6) is 11.5 Å². The van der Waals surface area contributed by atoms with Gasteiger partial charge in [-0.25, -0.2) is 4.79 Å². The van der Waals surface area contributed by atoms with E-state index in [1.165, 1.54) is 23.5 Å². The minimum absolute atomic E-state index is 0.194. The van der Waals surface area contributed by atoms with Gasteiger partial charge in [-0.1, -0.05) is 18.2 Å². The molecule has 6 rings (SSSR count). The number of carbonyl (C=O) groups is 2. The van der Waals surface area contributed by atoms with Crippen molar-refractivity contribution >= 4 is 23.3 Å². The van der Waals surface area contributed by atoms with E-state index in [0.29, 0.717) is 68.5 Å². The fourth-order valence-corrected chi connectivity index (χ4v) is 6.28. The number of rotatable bonds is 7. The van der Waals surface area contributed by atoms with Gasteiger partial charge in [-0.05, 0) is 47.5 Å². The highest BCUT2D eigenvalue weighted by Gasteiger charge is 2.47. The molecule has 1 spiro atoms. The number of ether oxygens (including phenoxy) is 3. The zero-order valence-electron chi connectivity index (χ0n) is 22.0. The Bertz CT molecular complexity index is 1430. The Balaban J connectivity index is 0.984. The van der Waals surface area contributed by atoms with Gasteiger partial charge < -0.3 is 19.5 Å². The number of alkyl halides is 3. The Kier molecular flexibility index (Phi) is 7.28. The summed E-state index contributed by atoms with van der Waals surface area (Å²) in [6.07, 6.45) is -3.43. The van der Waals surface area contributed by atoms with Gasteiger partial charge in [0.25, 0.3) is 5.91 Å². The molecule has 0 aliphatic carbocycles. The molecule has 1 aromatic heterocycles. The molecule has 2 aromatic carbocycles. The first kappa shape index (κ1) is 27.4. The van der Waals surface area contributed by atoms with E-state index in [1.807, 2.05) is 24.3 Å². The van der Waals surface area contributed by atoms with E-state index in [0.717, 1.165) is 28.1 Å². The van der Waals surface area contributed by atoms with Gasteiger partial charge in [0.1, 0.15) is 5.60 Å². The van der Waals surface area contributed by atoms with Crippen LogP contribution in [0.25, 0.3) is 0 Å². The normalized spacial score (nSPS) is 18.1. The van der Waals surface area contributed by atoms with Gasteiger partial charge >= 0.3 is 12.3 Å². The number of carbonyl (C=O) groups excluding carboxylic acids is 2. The van der Waals surface area contributed by atoms with Crippen molar-refractivity contribution in [1.29, 1.82) is 0 Å². The summed E-state index contributed by atoms with van der Waals surface area (Å²) in [6, 6.07) is 14.4. The van der Waals surface area contributed by atoms with Crippen LogP contribution in [-0.2, 0) is 30.5 Å². The Labute approximate surface area is 238 Å². The summed E-state index contributed by atoms with van der Waals surface area (Å²) < 4.78 is 55.0. The van der Waals surface area contributed by atoms with Crippen LogP contribution in [0.4, 0.5) is 18.0 Å². The van der Waals surface area contributed by atoms with E-state index in [9.17, 15) is 22.8 Å². The SMILES string of the molecule is O=C(NCc1ccc2c(c1)OCO2)c1ccc(CN2CC3(CCN(Cc4ccc(C(F)(F)F)cc4)CC3)OC2=O)s1. The summed E-state index contributed by atoms with van der Waals surface area (Å²) in [4.78, 5) is 30.7. The van der Waals surface area contributed by atoms with Gasteiger partial charge in [0.15, 0.2) is 11.5 Å². The Morgan fingerprint density at radius 3 is 2.44 bits per heavy atom. The summed E-state index contributed by atoms with van der Waals surface area (Å²) in [5.74, 6) is 1.16. The van der Waals surface area contributed by atoms with E-state index in [4.69, 9.17) is 14.2 Å². The van der Waals surface area contributed by atoms with E-state index in [2.05, 4.69) is 10.2 Å². The maximum atomic E-state index is 12.8. The molecule has 12 heteroatoms. The van der Waals surface area contributed by atoms with Crippen LogP contribution >= 0.6 is 11.3 Å². The van der Waals surface area contributed by atoms with E-state index < -0.39 is 17.3 Å². The van der Waals surface area contributed by atoms with Crippen molar-refractivity contribution < 1.29 is 37.0 Å². The third kappa shape index (κ3) is 6.13. The number of nitrogens with zero attached hydrogens (tertiary/aromatic N) is 2. The Morgan fingerprint density at radius 2 is 1.68 bits per heavy atom. The topological polar surface area (TPSA) is 80.3 Å². The molecule has 8 nitrogen and oxygen atoms in total. The van der Waals surface area contributed by atoms with Crippen LogP contribution in [0.3, 0.4) is 0 Å². The number of fused-ring (bicyclic) bond motifs is 1. The molecule has 1 N–H and O–H groups in total. The van der Waals surface area contributed by atoms with Crippen molar-refractivity contribution in [2.75, 3.05) is 26.4 Å².